The largest absolute Gasteiger partial charge is 0.396 e. The molecule has 2 aliphatic rings. The lowest BCUT2D eigenvalue weighted by Gasteiger charge is -2.48. The Balaban J connectivity index is 1.99. The third-order valence-corrected chi connectivity index (χ3v) is 5.18. The number of hydrogen-bond donors (Lipinski definition) is 1. The number of rotatable bonds is 1. The van der Waals surface area contributed by atoms with E-state index in [-0.39, 0.29) is 5.41 Å². The summed E-state index contributed by atoms with van der Waals surface area (Å²) in [6, 6.07) is 8.94. The molecule has 1 saturated carbocycles. The van der Waals surface area contributed by atoms with E-state index in [0.29, 0.717) is 18.4 Å². The summed E-state index contributed by atoms with van der Waals surface area (Å²) in [4.78, 5) is 0. The van der Waals surface area contributed by atoms with Crippen molar-refractivity contribution in [3.63, 3.8) is 0 Å². The summed E-state index contributed by atoms with van der Waals surface area (Å²) >= 11 is 0. The van der Waals surface area contributed by atoms with Gasteiger partial charge < -0.3 is 5.11 Å². The first-order chi connectivity index (χ1) is 8.24. The van der Waals surface area contributed by atoms with Crippen LogP contribution in [0.1, 0.15) is 49.7 Å². The molecule has 0 aromatic heterocycles. The molecule has 3 rings (SSSR count). The summed E-state index contributed by atoms with van der Waals surface area (Å²) in [5.41, 5.74) is 3.29. The second-order valence-electron chi connectivity index (χ2n) is 6.15. The van der Waals surface area contributed by atoms with E-state index in [1.54, 1.807) is 11.1 Å². The molecular weight excluding hydrogens is 208 g/mol. The van der Waals surface area contributed by atoms with Crippen molar-refractivity contribution in [2.75, 3.05) is 6.61 Å². The molecule has 0 amide bonds. The normalized spacial score (nSPS) is 36.1. The van der Waals surface area contributed by atoms with Crippen LogP contribution in [0, 0.1) is 11.3 Å². The molecule has 0 radical (unpaired) electrons. The number of hydrogen-bond acceptors (Lipinski definition) is 1. The van der Waals surface area contributed by atoms with E-state index >= 15 is 0 Å². The SMILES string of the molecule is CC1(CO)CCCC2c3ccccc3CCC21. The van der Waals surface area contributed by atoms with Gasteiger partial charge in [-0.3, -0.25) is 0 Å². The highest BCUT2D eigenvalue weighted by molar-refractivity contribution is 5.34. The quantitative estimate of drug-likeness (QED) is 0.782. The summed E-state index contributed by atoms with van der Waals surface area (Å²) in [5, 5.41) is 9.74. The number of aliphatic hydroxyl groups excluding tert-OH is 1. The molecule has 0 heterocycles. The van der Waals surface area contributed by atoms with Crippen molar-refractivity contribution in [1.82, 2.24) is 0 Å². The second kappa shape index (κ2) is 4.13. The summed E-state index contributed by atoms with van der Waals surface area (Å²) in [7, 11) is 0. The van der Waals surface area contributed by atoms with Crippen LogP contribution in [-0.2, 0) is 6.42 Å². The van der Waals surface area contributed by atoms with Gasteiger partial charge in [0.25, 0.3) is 0 Å². The van der Waals surface area contributed by atoms with Crippen molar-refractivity contribution in [2.24, 2.45) is 11.3 Å². The van der Waals surface area contributed by atoms with Crippen molar-refractivity contribution >= 4 is 0 Å². The van der Waals surface area contributed by atoms with Crippen LogP contribution in [0.2, 0.25) is 0 Å². The molecule has 1 aromatic rings. The van der Waals surface area contributed by atoms with Gasteiger partial charge in [-0.25, -0.2) is 0 Å². The lowest BCUT2D eigenvalue weighted by atomic mass is 9.57. The Morgan fingerprint density at radius 2 is 2.12 bits per heavy atom. The van der Waals surface area contributed by atoms with Crippen molar-refractivity contribution in [3.05, 3.63) is 35.4 Å². The summed E-state index contributed by atoms with van der Waals surface area (Å²) < 4.78 is 0. The molecule has 0 aliphatic heterocycles. The Bertz CT molecular complexity index is 412. The molecule has 3 atom stereocenters. The Morgan fingerprint density at radius 1 is 1.29 bits per heavy atom. The van der Waals surface area contributed by atoms with Gasteiger partial charge in [0.1, 0.15) is 0 Å². The number of aryl methyl sites for hydroxylation is 1. The smallest absolute Gasteiger partial charge is 0.0487 e. The highest BCUT2D eigenvalue weighted by Crippen LogP contribution is 2.53. The van der Waals surface area contributed by atoms with Crippen LogP contribution < -0.4 is 0 Å². The van der Waals surface area contributed by atoms with Gasteiger partial charge in [-0.2, -0.15) is 0 Å². The van der Waals surface area contributed by atoms with Crippen molar-refractivity contribution in [1.29, 1.82) is 0 Å². The minimum absolute atomic E-state index is 0.163. The van der Waals surface area contributed by atoms with Crippen LogP contribution in [0.5, 0.6) is 0 Å². The highest BCUT2D eigenvalue weighted by Gasteiger charge is 2.44. The van der Waals surface area contributed by atoms with Gasteiger partial charge in [0.05, 0.1) is 0 Å². The van der Waals surface area contributed by atoms with Gasteiger partial charge in [-0.15, -0.1) is 0 Å². The fraction of sp³-hybridized carbons (Fsp3) is 0.625. The molecule has 3 unspecified atom stereocenters. The number of benzene rings is 1. The van der Waals surface area contributed by atoms with E-state index in [0.717, 1.165) is 0 Å². The second-order valence-corrected chi connectivity index (χ2v) is 6.15. The van der Waals surface area contributed by atoms with Crippen molar-refractivity contribution in [3.8, 4) is 0 Å². The standard InChI is InChI=1S/C16H22O/c1-16(11-17)10-4-7-14-13-6-3-2-5-12(13)8-9-15(14)16/h2-3,5-6,14-15,17H,4,7-11H2,1H3. The third kappa shape index (κ3) is 1.72. The molecule has 0 saturated heterocycles. The Labute approximate surface area is 104 Å². The van der Waals surface area contributed by atoms with E-state index in [4.69, 9.17) is 0 Å². The maximum atomic E-state index is 9.74. The first kappa shape index (κ1) is 11.3. The Kier molecular flexibility index (Phi) is 2.74. The third-order valence-electron chi connectivity index (χ3n) is 5.18. The minimum atomic E-state index is 0.163. The number of fused-ring (bicyclic) bond motifs is 3. The molecule has 1 aromatic carbocycles. The zero-order valence-electron chi connectivity index (χ0n) is 10.7. The highest BCUT2D eigenvalue weighted by atomic mass is 16.3. The van der Waals surface area contributed by atoms with Gasteiger partial charge in [-0.1, -0.05) is 37.6 Å². The first-order valence-corrected chi connectivity index (χ1v) is 6.93. The molecule has 2 aliphatic carbocycles. The number of aliphatic hydroxyl groups is 1. The first-order valence-electron chi connectivity index (χ1n) is 6.93. The van der Waals surface area contributed by atoms with Crippen LogP contribution in [0.3, 0.4) is 0 Å². The molecule has 1 fully saturated rings. The Morgan fingerprint density at radius 3 is 2.94 bits per heavy atom. The fourth-order valence-electron chi connectivity index (χ4n) is 4.15. The zero-order chi connectivity index (χ0) is 11.9. The molecule has 1 nitrogen and oxygen atoms in total. The van der Waals surface area contributed by atoms with Crippen molar-refractivity contribution in [2.45, 2.75) is 44.9 Å². The molecule has 0 spiro atoms. The predicted octanol–water partition coefficient (Wildman–Crippen LogP) is 3.52. The van der Waals surface area contributed by atoms with Crippen LogP contribution in [-0.4, -0.2) is 11.7 Å². The van der Waals surface area contributed by atoms with E-state index in [1.165, 1.54) is 32.1 Å². The lowest BCUT2D eigenvalue weighted by molar-refractivity contribution is 0.0178. The molecule has 92 valence electrons. The maximum absolute atomic E-state index is 9.74. The van der Waals surface area contributed by atoms with E-state index in [2.05, 4.69) is 31.2 Å². The molecule has 0 bridgehead atoms. The van der Waals surface area contributed by atoms with Gasteiger partial charge in [0.15, 0.2) is 0 Å². The monoisotopic (exact) mass is 230 g/mol. The van der Waals surface area contributed by atoms with Crippen LogP contribution in [0.15, 0.2) is 24.3 Å². The van der Waals surface area contributed by atoms with Gasteiger partial charge >= 0.3 is 0 Å². The van der Waals surface area contributed by atoms with Gasteiger partial charge in [-0.05, 0) is 54.1 Å². The van der Waals surface area contributed by atoms with Crippen molar-refractivity contribution < 1.29 is 5.11 Å². The maximum Gasteiger partial charge on any atom is 0.0487 e. The average Bonchev–Trinajstić information content (AvgIpc) is 2.39. The van der Waals surface area contributed by atoms with Gasteiger partial charge in [0, 0.05) is 6.61 Å². The predicted molar refractivity (Wildman–Crippen MR) is 70.0 cm³/mol. The van der Waals surface area contributed by atoms with E-state index < -0.39 is 0 Å². The average molecular weight is 230 g/mol. The van der Waals surface area contributed by atoms with Crippen LogP contribution in [0.4, 0.5) is 0 Å². The molecule has 17 heavy (non-hydrogen) atoms. The summed E-state index contributed by atoms with van der Waals surface area (Å²) in [6.45, 7) is 2.65. The molecule has 1 N–H and O–H groups in total. The topological polar surface area (TPSA) is 20.2 Å². The van der Waals surface area contributed by atoms with E-state index in [1.807, 2.05) is 0 Å². The summed E-state index contributed by atoms with van der Waals surface area (Å²) in [6.07, 6.45) is 6.25. The Hall–Kier alpha value is -0.820. The fourth-order valence-corrected chi connectivity index (χ4v) is 4.15. The van der Waals surface area contributed by atoms with Crippen LogP contribution in [0.25, 0.3) is 0 Å². The zero-order valence-corrected chi connectivity index (χ0v) is 10.7. The molecule has 1 heteroatoms. The van der Waals surface area contributed by atoms with E-state index in [9.17, 15) is 5.11 Å². The lowest BCUT2D eigenvalue weighted by Crippen LogP contribution is -2.41. The van der Waals surface area contributed by atoms with Crippen LogP contribution >= 0.6 is 0 Å². The molecular formula is C16H22O. The van der Waals surface area contributed by atoms with Gasteiger partial charge in [0.2, 0.25) is 0 Å². The minimum Gasteiger partial charge on any atom is -0.396 e. The summed E-state index contributed by atoms with van der Waals surface area (Å²) in [5.74, 6) is 1.39.